The molecule has 0 saturated carbocycles. The molecule has 0 aliphatic carbocycles. The summed E-state index contributed by atoms with van der Waals surface area (Å²) < 4.78 is 6.83. The highest BCUT2D eigenvalue weighted by Crippen LogP contribution is 2.30. The Morgan fingerprint density at radius 1 is 1.31 bits per heavy atom. The fourth-order valence-corrected chi connectivity index (χ4v) is 3.54. The molecule has 2 atom stereocenters. The molecule has 26 heavy (non-hydrogen) atoms. The lowest BCUT2D eigenvalue weighted by Crippen LogP contribution is -2.39. The van der Waals surface area contributed by atoms with Gasteiger partial charge in [0, 0.05) is 25.1 Å². The summed E-state index contributed by atoms with van der Waals surface area (Å²) in [6.07, 6.45) is 2.64. The minimum absolute atomic E-state index is 0.200. The zero-order valence-corrected chi connectivity index (χ0v) is 14.4. The predicted octanol–water partition coefficient (Wildman–Crippen LogP) is 1.60. The Kier molecular flexibility index (Phi) is 4.46. The molecule has 2 aliphatic heterocycles. The molecule has 0 radical (unpaired) electrons. The van der Waals surface area contributed by atoms with E-state index >= 15 is 0 Å². The van der Waals surface area contributed by atoms with Gasteiger partial charge in [-0.2, -0.15) is 5.10 Å². The molecule has 1 N–H and O–H groups in total. The van der Waals surface area contributed by atoms with Gasteiger partial charge >= 0.3 is 5.97 Å². The van der Waals surface area contributed by atoms with Crippen LogP contribution in [0, 0.1) is 5.92 Å². The van der Waals surface area contributed by atoms with Crippen LogP contribution in [-0.4, -0.2) is 46.7 Å². The second kappa shape index (κ2) is 6.92. The first-order valence-electron chi connectivity index (χ1n) is 8.87. The van der Waals surface area contributed by atoms with Crippen LogP contribution in [0.25, 0.3) is 0 Å². The molecule has 3 heterocycles. The first-order chi connectivity index (χ1) is 12.6. The van der Waals surface area contributed by atoms with Gasteiger partial charge in [0.25, 0.3) is 5.56 Å². The molecule has 2 aliphatic rings. The third-order valence-corrected chi connectivity index (χ3v) is 5.03. The van der Waals surface area contributed by atoms with Crippen LogP contribution in [0.1, 0.15) is 28.8 Å². The molecule has 0 bridgehead atoms. The van der Waals surface area contributed by atoms with Crippen LogP contribution in [0.2, 0.25) is 0 Å². The number of piperidine rings is 1. The topological polar surface area (TPSA) is 88.0 Å². The molecule has 7 nitrogen and oxygen atoms in total. The van der Waals surface area contributed by atoms with Gasteiger partial charge < -0.3 is 14.7 Å². The lowest BCUT2D eigenvalue weighted by Gasteiger charge is -2.33. The summed E-state index contributed by atoms with van der Waals surface area (Å²) in [7, 11) is 0. The maximum Gasteiger partial charge on any atom is 0.335 e. The average Bonchev–Trinajstić information content (AvgIpc) is 3.49. The number of aromatic nitrogens is 2. The van der Waals surface area contributed by atoms with E-state index in [0.717, 1.165) is 37.5 Å². The number of benzene rings is 1. The van der Waals surface area contributed by atoms with E-state index in [0.29, 0.717) is 12.0 Å². The Labute approximate surface area is 150 Å². The molecule has 2 saturated heterocycles. The van der Waals surface area contributed by atoms with Crippen molar-refractivity contribution in [2.45, 2.75) is 25.5 Å². The lowest BCUT2D eigenvalue weighted by molar-refractivity contribution is 0.0696. The molecule has 7 heteroatoms. The normalized spacial score (nSPS) is 22.2. The molecule has 2 aromatic rings. The predicted molar refractivity (Wildman–Crippen MR) is 95.7 cm³/mol. The number of hydrogen-bond acceptors (Lipinski definition) is 5. The minimum Gasteiger partial charge on any atom is -0.478 e. The molecule has 0 amide bonds. The number of carboxylic acid groups (broad SMARTS) is 1. The monoisotopic (exact) mass is 355 g/mol. The summed E-state index contributed by atoms with van der Waals surface area (Å²) in [5, 5.41) is 13.6. The Morgan fingerprint density at radius 2 is 2.15 bits per heavy atom. The number of anilines is 1. The second-order valence-corrected chi connectivity index (χ2v) is 6.91. The van der Waals surface area contributed by atoms with Crippen molar-refractivity contribution in [3.05, 3.63) is 57.9 Å². The SMILES string of the molecule is O=C(O)c1cccc(Cn2nc(N3CCCC(C4CO4)C3)ccc2=O)c1. The molecule has 2 unspecified atom stereocenters. The zero-order chi connectivity index (χ0) is 18.1. The zero-order valence-electron chi connectivity index (χ0n) is 14.4. The van der Waals surface area contributed by atoms with Crippen LogP contribution in [0.4, 0.5) is 5.82 Å². The third-order valence-electron chi connectivity index (χ3n) is 5.03. The molecule has 136 valence electrons. The highest BCUT2D eigenvalue weighted by molar-refractivity contribution is 5.87. The van der Waals surface area contributed by atoms with Crippen molar-refractivity contribution >= 4 is 11.8 Å². The maximum absolute atomic E-state index is 12.2. The first kappa shape index (κ1) is 16.8. The van der Waals surface area contributed by atoms with Crippen molar-refractivity contribution in [1.82, 2.24) is 9.78 Å². The number of ether oxygens (including phenoxy) is 1. The second-order valence-electron chi connectivity index (χ2n) is 6.91. The van der Waals surface area contributed by atoms with Gasteiger partial charge in [-0.15, -0.1) is 0 Å². The van der Waals surface area contributed by atoms with Gasteiger partial charge in [-0.05, 0) is 36.6 Å². The number of rotatable bonds is 5. The van der Waals surface area contributed by atoms with Crippen LogP contribution in [0.15, 0.2) is 41.2 Å². The summed E-state index contributed by atoms with van der Waals surface area (Å²) in [4.78, 5) is 25.5. The van der Waals surface area contributed by atoms with E-state index < -0.39 is 5.97 Å². The summed E-state index contributed by atoms with van der Waals surface area (Å²) in [5.74, 6) is 0.324. The Balaban J connectivity index is 1.55. The van der Waals surface area contributed by atoms with Crippen molar-refractivity contribution in [3.63, 3.8) is 0 Å². The number of carbonyl (C=O) groups is 1. The van der Waals surface area contributed by atoms with E-state index in [1.807, 2.05) is 0 Å². The summed E-state index contributed by atoms with van der Waals surface area (Å²) in [6.45, 7) is 2.91. The molecule has 1 aromatic carbocycles. The van der Waals surface area contributed by atoms with E-state index in [2.05, 4.69) is 10.00 Å². The van der Waals surface area contributed by atoms with Crippen molar-refractivity contribution < 1.29 is 14.6 Å². The maximum atomic E-state index is 12.2. The summed E-state index contributed by atoms with van der Waals surface area (Å²) in [5.41, 5.74) is 0.739. The van der Waals surface area contributed by atoms with Gasteiger partial charge in [0.2, 0.25) is 0 Å². The fraction of sp³-hybridized carbons (Fsp3) is 0.421. The number of carboxylic acids is 1. The van der Waals surface area contributed by atoms with E-state index in [4.69, 9.17) is 9.84 Å². The number of nitrogens with zero attached hydrogens (tertiary/aromatic N) is 3. The van der Waals surface area contributed by atoms with Gasteiger partial charge in [-0.25, -0.2) is 9.48 Å². The van der Waals surface area contributed by atoms with Crippen LogP contribution < -0.4 is 10.5 Å². The molecular weight excluding hydrogens is 334 g/mol. The van der Waals surface area contributed by atoms with Crippen LogP contribution in [-0.2, 0) is 11.3 Å². The standard InChI is InChI=1S/C19H21N3O4/c23-18-7-6-17(21-8-2-5-15(11-21)16-12-26-16)20-22(18)10-13-3-1-4-14(9-13)19(24)25/h1,3-4,6-7,9,15-16H,2,5,8,10-12H2,(H,24,25). The van der Waals surface area contributed by atoms with E-state index in [1.54, 1.807) is 24.3 Å². The van der Waals surface area contributed by atoms with Crippen molar-refractivity contribution in [2.75, 3.05) is 24.6 Å². The van der Waals surface area contributed by atoms with E-state index in [1.165, 1.54) is 23.2 Å². The molecule has 2 fully saturated rings. The Hall–Kier alpha value is -2.67. The highest BCUT2D eigenvalue weighted by atomic mass is 16.6. The van der Waals surface area contributed by atoms with Gasteiger partial charge in [0.1, 0.15) is 5.82 Å². The molecular formula is C19H21N3O4. The van der Waals surface area contributed by atoms with Crippen molar-refractivity contribution in [1.29, 1.82) is 0 Å². The van der Waals surface area contributed by atoms with E-state index in [9.17, 15) is 9.59 Å². The smallest absolute Gasteiger partial charge is 0.335 e. The van der Waals surface area contributed by atoms with Crippen LogP contribution in [0.3, 0.4) is 0 Å². The molecule has 1 aromatic heterocycles. The fourth-order valence-electron chi connectivity index (χ4n) is 3.54. The van der Waals surface area contributed by atoms with Crippen molar-refractivity contribution in [2.24, 2.45) is 5.92 Å². The van der Waals surface area contributed by atoms with Crippen molar-refractivity contribution in [3.8, 4) is 0 Å². The first-order valence-corrected chi connectivity index (χ1v) is 8.87. The Morgan fingerprint density at radius 3 is 2.92 bits per heavy atom. The number of epoxide rings is 1. The molecule has 4 rings (SSSR count). The van der Waals surface area contributed by atoms with Gasteiger partial charge in [-0.3, -0.25) is 4.79 Å². The number of aromatic carboxylic acids is 1. The quantitative estimate of drug-likeness (QED) is 0.820. The highest BCUT2D eigenvalue weighted by Gasteiger charge is 2.35. The number of hydrogen-bond donors (Lipinski definition) is 1. The van der Waals surface area contributed by atoms with Gasteiger partial charge in [0.05, 0.1) is 24.8 Å². The summed E-state index contributed by atoms with van der Waals surface area (Å²) >= 11 is 0. The van der Waals surface area contributed by atoms with Crippen LogP contribution in [0.5, 0.6) is 0 Å². The average molecular weight is 355 g/mol. The molecule has 0 spiro atoms. The minimum atomic E-state index is -0.984. The van der Waals surface area contributed by atoms with Crippen LogP contribution >= 0.6 is 0 Å². The Bertz CT molecular complexity index is 875. The third kappa shape index (κ3) is 3.62. The van der Waals surface area contributed by atoms with E-state index in [-0.39, 0.29) is 17.7 Å². The summed E-state index contributed by atoms with van der Waals surface area (Å²) in [6, 6.07) is 9.88. The lowest BCUT2D eigenvalue weighted by atomic mass is 9.95. The van der Waals surface area contributed by atoms with Gasteiger partial charge in [-0.1, -0.05) is 12.1 Å². The largest absolute Gasteiger partial charge is 0.478 e. The van der Waals surface area contributed by atoms with Gasteiger partial charge in [0.15, 0.2) is 0 Å².